The topological polar surface area (TPSA) is 93.6 Å². The number of esters is 1. The van der Waals surface area contributed by atoms with E-state index < -0.39 is 5.97 Å². The van der Waals surface area contributed by atoms with Gasteiger partial charge in [-0.05, 0) is 60.7 Å². The minimum atomic E-state index is -0.670. The summed E-state index contributed by atoms with van der Waals surface area (Å²) in [6.45, 7) is -0.386. The van der Waals surface area contributed by atoms with Crippen molar-refractivity contribution in [1.29, 1.82) is 0 Å². The number of carbonyl (C=O) groups is 4. The van der Waals surface area contributed by atoms with E-state index in [0.717, 1.165) is 0 Å². The second-order valence-electron chi connectivity index (χ2n) is 9.41. The zero-order valence-electron chi connectivity index (χ0n) is 20.5. The van der Waals surface area contributed by atoms with Crippen molar-refractivity contribution >= 4 is 63.1 Å². The normalized spacial score (nSPS) is 18.4. The first kappa shape index (κ1) is 25.2. The van der Waals surface area contributed by atoms with Gasteiger partial charge >= 0.3 is 5.97 Å². The summed E-state index contributed by atoms with van der Waals surface area (Å²) in [6.07, 6.45) is 5.07. The molecule has 39 heavy (non-hydrogen) atoms. The standard InChI is InChI=1S/C30H21ClN2O5S/c31-18-9-12-24-22(14-18)23(30(37)38-16-26(34)27-6-3-13-39-27)15-25(32-24)17-7-10-19(11-8-17)33-28(35)20-4-1-2-5-21(20)29(33)36/h1-3,6-15,20-21H,4-5,16H2. The number of fused-ring (bicyclic) bond motifs is 2. The molecule has 0 bridgehead atoms. The van der Waals surface area contributed by atoms with E-state index in [4.69, 9.17) is 21.3 Å². The molecule has 1 aliphatic carbocycles. The lowest BCUT2D eigenvalue weighted by Gasteiger charge is -2.15. The van der Waals surface area contributed by atoms with Crippen LogP contribution in [-0.4, -0.2) is 35.2 Å². The monoisotopic (exact) mass is 556 g/mol. The number of amides is 2. The Labute approximate surface area is 232 Å². The van der Waals surface area contributed by atoms with Gasteiger partial charge < -0.3 is 4.74 Å². The fourth-order valence-corrected chi connectivity index (χ4v) is 5.89. The minimum absolute atomic E-state index is 0.176. The predicted octanol–water partition coefficient (Wildman–Crippen LogP) is 6.11. The van der Waals surface area contributed by atoms with Crippen LogP contribution in [0.4, 0.5) is 5.69 Å². The first-order chi connectivity index (χ1) is 18.9. The van der Waals surface area contributed by atoms with Crippen molar-refractivity contribution in [2.45, 2.75) is 12.8 Å². The molecule has 2 amide bonds. The summed E-state index contributed by atoms with van der Waals surface area (Å²) in [7, 11) is 0. The number of aromatic nitrogens is 1. The molecule has 0 N–H and O–H groups in total. The lowest BCUT2D eigenvalue weighted by molar-refractivity contribution is -0.122. The second-order valence-corrected chi connectivity index (χ2v) is 10.8. The zero-order chi connectivity index (χ0) is 27.1. The van der Waals surface area contributed by atoms with Crippen LogP contribution in [0.2, 0.25) is 5.02 Å². The van der Waals surface area contributed by atoms with E-state index in [9.17, 15) is 19.2 Å². The highest BCUT2D eigenvalue weighted by atomic mass is 35.5. The van der Waals surface area contributed by atoms with Crippen molar-refractivity contribution in [1.82, 2.24) is 4.98 Å². The van der Waals surface area contributed by atoms with Gasteiger partial charge in [0.2, 0.25) is 17.6 Å². The lowest BCUT2D eigenvalue weighted by atomic mass is 9.85. The number of carbonyl (C=O) groups excluding carboxylic acids is 4. The van der Waals surface area contributed by atoms with Crippen molar-refractivity contribution in [3.8, 4) is 11.3 Å². The Bertz CT molecular complexity index is 1640. The van der Waals surface area contributed by atoms with Gasteiger partial charge in [-0.15, -0.1) is 11.3 Å². The van der Waals surface area contributed by atoms with E-state index in [1.54, 1.807) is 66.0 Å². The van der Waals surface area contributed by atoms with Gasteiger partial charge in [0.05, 0.1) is 39.2 Å². The van der Waals surface area contributed by atoms with E-state index in [1.807, 2.05) is 12.2 Å². The largest absolute Gasteiger partial charge is 0.454 e. The number of halogens is 1. The van der Waals surface area contributed by atoms with E-state index in [-0.39, 0.29) is 41.6 Å². The smallest absolute Gasteiger partial charge is 0.339 e. The van der Waals surface area contributed by atoms with Crippen LogP contribution >= 0.6 is 22.9 Å². The van der Waals surface area contributed by atoms with Crippen LogP contribution in [0.25, 0.3) is 22.2 Å². The summed E-state index contributed by atoms with van der Waals surface area (Å²) < 4.78 is 5.37. The SMILES string of the molecule is O=C(COC(=O)c1cc(-c2ccc(N3C(=O)C4CC=CCC4C3=O)cc2)nc2ccc(Cl)cc12)c1cccs1. The summed E-state index contributed by atoms with van der Waals surface area (Å²) in [6, 6.07) is 17.0. The van der Waals surface area contributed by atoms with Crippen molar-refractivity contribution in [3.05, 3.63) is 93.7 Å². The number of pyridine rings is 1. The fourth-order valence-electron chi connectivity index (χ4n) is 5.07. The summed E-state index contributed by atoms with van der Waals surface area (Å²) in [5, 5.41) is 2.71. The molecule has 194 valence electrons. The van der Waals surface area contributed by atoms with Crippen LogP contribution in [0.5, 0.6) is 0 Å². The number of Topliss-reactive ketones (excluding diaryl/α,β-unsaturated/α-hetero) is 1. The molecule has 2 aliphatic rings. The molecule has 6 rings (SSSR count). The summed E-state index contributed by atoms with van der Waals surface area (Å²) >= 11 is 7.48. The Balaban J connectivity index is 1.30. The van der Waals surface area contributed by atoms with Gasteiger partial charge in [0.15, 0.2) is 6.61 Å². The molecule has 2 aromatic heterocycles. The minimum Gasteiger partial charge on any atom is -0.454 e. The number of anilines is 1. The molecule has 2 aromatic carbocycles. The molecule has 0 radical (unpaired) electrons. The number of thiophene rings is 1. The molecule has 0 spiro atoms. The van der Waals surface area contributed by atoms with Crippen molar-refractivity contribution in [2.24, 2.45) is 11.8 Å². The van der Waals surface area contributed by atoms with Crippen LogP contribution in [0.15, 0.2) is 78.2 Å². The summed E-state index contributed by atoms with van der Waals surface area (Å²) in [4.78, 5) is 57.9. The third-order valence-electron chi connectivity index (χ3n) is 7.05. The van der Waals surface area contributed by atoms with Crippen LogP contribution in [-0.2, 0) is 14.3 Å². The van der Waals surface area contributed by atoms with Crippen molar-refractivity contribution < 1.29 is 23.9 Å². The van der Waals surface area contributed by atoms with E-state index in [2.05, 4.69) is 0 Å². The van der Waals surface area contributed by atoms with E-state index in [0.29, 0.717) is 50.6 Å². The number of benzene rings is 2. The number of ether oxygens (including phenoxy) is 1. The van der Waals surface area contributed by atoms with Gasteiger partial charge in [0, 0.05) is 16.0 Å². The van der Waals surface area contributed by atoms with Gasteiger partial charge in [-0.3, -0.25) is 19.3 Å². The highest BCUT2D eigenvalue weighted by molar-refractivity contribution is 7.12. The lowest BCUT2D eigenvalue weighted by Crippen LogP contribution is -2.30. The number of hydrogen-bond donors (Lipinski definition) is 0. The van der Waals surface area contributed by atoms with Crippen LogP contribution in [0.3, 0.4) is 0 Å². The Morgan fingerprint density at radius 1 is 0.974 bits per heavy atom. The summed E-state index contributed by atoms with van der Waals surface area (Å²) in [5.74, 6) is -1.92. The molecule has 1 fully saturated rings. The first-order valence-electron chi connectivity index (χ1n) is 12.4. The third-order valence-corrected chi connectivity index (χ3v) is 8.20. The fraction of sp³-hybridized carbons (Fsp3) is 0.167. The molecule has 4 aromatic rings. The number of ketones is 1. The van der Waals surface area contributed by atoms with Gasteiger partial charge in [0.1, 0.15) is 0 Å². The Hall–Kier alpha value is -4.14. The van der Waals surface area contributed by atoms with Crippen molar-refractivity contribution in [3.63, 3.8) is 0 Å². The Morgan fingerprint density at radius 2 is 1.69 bits per heavy atom. The summed E-state index contributed by atoms with van der Waals surface area (Å²) in [5.41, 5.74) is 2.42. The van der Waals surface area contributed by atoms with E-state index in [1.165, 1.54) is 16.2 Å². The highest BCUT2D eigenvalue weighted by Gasteiger charge is 2.47. The second kappa shape index (κ2) is 10.2. The zero-order valence-corrected chi connectivity index (χ0v) is 22.1. The molecule has 1 aliphatic heterocycles. The first-order valence-corrected chi connectivity index (χ1v) is 13.6. The van der Waals surface area contributed by atoms with Gasteiger partial charge in [-0.2, -0.15) is 0 Å². The molecule has 7 nitrogen and oxygen atoms in total. The maximum Gasteiger partial charge on any atom is 0.339 e. The van der Waals surface area contributed by atoms with Crippen LogP contribution < -0.4 is 4.90 Å². The quantitative estimate of drug-likeness (QED) is 0.123. The molecule has 2 atom stereocenters. The molecule has 1 saturated heterocycles. The molecule has 0 saturated carbocycles. The Morgan fingerprint density at radius 3 is 2.36 bits per heavy atom. The maximum absolute atomic E-state index is 13.1. The highest BCUT2D eigenvalue weighted by Crippen LogP contribution is 2.38. The molecule has 2 unspecified atom stereocenters. The average Bonchev–Trinajstić information content (AvgIpc) is 3.58. The van der Waals surface area contributed by atoms with Gasteiger partial charge in [-0.1, -0.05) is 42.0 Å². The Kier molecular flexibility index (Phi) is 6.58. The maximum atomic E-state index is 13.1. The van der Waals surface area contributed by atoms with E-state index >= 15 is 0 Å². The predicted molar refractivity (Wildman–Crippen MR) is 149 cm³/mol. The van der Waals surface area contributed by atoms with Crippen LogP contribution in [0, 0.1) is 11.8 Å². The molecular weight excluding hydrogens is 536 g/mol. The third kappa shape index (κ3) is 4.66. The molecular formula is C30H21ClN2O5S. The average molecular weight is 557 g/mol. The van der Waals surface area contributed by atoms with Crippen molar-refractivity contribution in [2.75, 3.05) is 11.5 Å². The van der Waals surface area contributed by atoms with Crippen LogP contribution in [0.1, 0.15) is 32.9 Å². The van der Waals surface area contributed by atoms with Gasteiger partial charge in [0.25, 0.3) is 0 Å². The number of rotatable bonds is 6. The molecule has 3 heterocycles. The number of nitrogens with zero attached hydrogens (tertiary/aromatic N) is 2. The number of allylic oxidation sites excluding steroid dienone is 2. The van der Waals surface area contributed by atoms with Gasteiger partial charge in [-0.25, -0.2) is 9.78 Å². The molecule has 9 heteroatoms. The number of hydrogen-bond acceptors (Lipinski definition) is 7. The number of imide groups is 1.